The van der Waals surface area contributed by atoms with Crippen molar-refractivity contribution in [1.29, 1.82) is 0 Å². The van der Waals surface area contributed by atoms with E-state index in [0.717, 1.165) is 11.8 Å². The van der Waals surface area contributed by atoms with Crippen molar-refractivity contribution in [2.24, 2.45) is 17.8 Å². The third-order valence-electron chi connectivity index (χ3n) is 12.0. The van der Waals surface area contributed by atoms with E-state index in [1.165, 1.54) is 4.90 Å². The van der Waals surface area contributed by atoms with Crippen LogP contribution in [0.2, 0.25) is 0 Å². The van der Waals surface area contributed by atoms with Crippen molar-refractivity contribution in [2.75, 3.05) is 13.7 Å². The number of nitrogens with one attached hydrogen (secondary N) is 3. The second-order valence-corrected chi connectivity index (χ2v) is 20.8. The Morgan fingerprint density at radius 1 is 1.03 bits per heavy atom. The van der Waals surface area contributed by atoms with E-state index in [1.807, 2.05) is 57.2 Å². The molecular formula is C46H60N6O10S. The van der Waals surface area contributed by atoms with E-state index < -0.39 is 74.3 Å². The van der Waals surface area contributed by atoms with Crippen LogP contribution in [0.25, 0.3) is 22.0 Å². The van der Waals surface area contributed by atoms with Gasteiger partial charge in [0.15, 0.2) is 0 Å². The first-order chi connectivity index (χ1) is 29.7. The van der Waals surface area contributed by atoms with Gasteiger partial charge in [0.25, 0.3) is 5.91 Å². The molecule has 3 N–H and O–H groups in total. The first-order valence-corrected chi connectivity index (χ1v) is 23.4. The molecule has 7 atom stereocenters. The van der Waals surface area contributed by atoms with Crippen LogP contribution in [-0.4, -0.2) is 101 Å². The highest BCUT2D eigenvalue weighted by Crippen LogP contribution is 2.46. The number of carbonyl (C=O) groups excluding carboxylic acids is 4. The number of methoxy groups -OCH3 is 1. The number of pyridine rings is 2. The Morgan fingerprint density at radius 3 is 2.46 bits per heavy atom. The number of ether oxygens (including phenoxy) is 4. The minimum absolute atomic E-state index is 0.00750. The average molecular weight is 889 g/mol. The van der Waals surface area contributed by atoms with Crippen LogP contribution in [0, 0.1) is 17.8 Å². The van der Waals surface area contributed by atoms with Crippen molar-refractivity contribution in [3.8, 4) is 28.8 Å². The first kappa shape index (κ1) is 45.6. The largest absolute Gasteiger partial charge is 0.497 e. The number of rotatable bonds is 10. The van der Waals surface area contributed by atoms with Gasteiger partial charge in [-0.3, -0.25) is 19.1 Å². The number of nitrogens with zero attached hydrogens (tertiary/aromatic N) is 3. The van der Waals surface area contributed by atoms with Crippen LogP contribution in [-0.2, 0) is 29.1 Å². The second kappa shape index (κ2) is 18.0. The quantitative estimate of drug-likeness (QED) is 0.206. The lowest BCUT2D eigenvalue weighted by Gasteiger charge is -2.33. The van der Waals surface area contributed by atoms with Gasteiger partial charge in [0.05, 0.1) is 30.7 Å². The molecule has 2 aliphatic heterocycles. The van der Waals surface area contributed by atoms with Gasteiger partial charge in [-0.05, 0) is 121 Å². The maximum Gasteiger partial charge on any atom is 0.408 e. The molecule has 17 heteroatoms. The van der Waals surface area contributed by atoms with E-state index in [1.54, 1.807) is 46.2 Å². The molecule has 0 spiro atoms. The maximum atomic E-state index is 15.0. The van der Waals surface area contributed by atoms with Gasteiger partial charge in [-0.15, -0.1) is 0 Å². The fourth-order valence-electron chi connectivity index (χ4n) is 8.50. The molecule has 2 aliphatic carbocycles. The van der Waals surface area contributed by atoms with Crippen molar-refractivity contribution in [3.63, 3.8) is 0 Å². The average Bonchev–Trinajstić information content (AvgIpc) is 4.14. The number of benzene rings is 1. The van der Waals surface area contributed by atoms with Crippen LogP contribution in [0.4, 0.5) is 4.79 Å². The monoisotopic (exact) mass is 888 g/mol. The number of hydrogen-bond donors (Lipinski definition) is 3. The molecular weight excluding hydrogens is 829 g/mol. The third-order valence-corrected chi connectivity index (χ3v) is 13.8. The van der Waals surface area contributed by atoms with Crippen LogP contribution in [0.15, 0.2) is 54.7 Å². The van der Waals surface area contributed by atoms with Crippen LogP contribution in [0.5, 0.6) is 17.5 Å². The SMILES string of the molecule is COc1ccc2c(OC3CC4C(=O)NC5(C(=O)NS(=O)(=O)C6CC6)CC5C=CCCC(C)CC(C)C(NC(=O)OC(C)(C)C)C(=O)N4C3)nc(-c3ccc(OC(C)C)nc3)cc2c1. The summed E-state index contributed by atoms with van der Waals surface area (Å²) in [5, 5.41) is 6.50. The molecule has 1 saturated heterocycles. The molecule has 340 valence electrons. The van der Waals surface area contributed by atoms with Gasteiger partial charge in [0.2, 0.25) is 33.6 Å². The smallest absolute Gasteiger partial charge is 0.408 e. The summed E-state index contributed by atoms with van der Waals surface area (Å²) in [6.07, 6.45) is 6.94. The predicted molar refractivity (Wildman–Crippen MR) is 235 cm³/mol. The summed E-state index contributed by atoms with van der Waals surface area (Å²) in [6, 6.07) is 8.71. The summed E-state index contributed by atoms with van der Waals surface area (Å²) in [7, 11) is -2.36. The minimum atomic E-state index is -3.94. The normalized spacial score (nSPS) is 26.7. The number of carbonyl (C=O) groups is 4. The van der Waals surface area contributed by atoms with E-state index >= 15 is 4.79 Å². The number of allylic oxidation sites excluding steroid dienone is 1. The molecule has 3 fully saturated rings. The van der Waals surface area contributed by atoms with Crippen molar-refractivity contribution >= 4 is 44.6 Å². The zero-order valence-electron chi connectivity index (χ0n) is 37.3. The highest BCUT2D eigenvalue weighted by Gasteiger charge is 2.62. The molecule has 4 amide bonds. The lowest BCUT2D eigenvalue weighted by Crippen LogP contribution is -2.59. The van der Waals surface area contributed by atoms with Crippen molar-refractivity contribution in [2.45, 2.75) is 134 Å². The van der Waals surface area contributed by atoms with Gasteiger partial charge in [0.1, 0.15) is 35.1 Å². The van der Waals surface area contributed by atoms with Crippen molar-refractivity contribution < 1.29 is 46.5 Å². The molecule has 2 aromatic heterocycles. The lowest BCUT2D eigenvalue weighted by atomic mass is 9.88. The van der Waals surface area contributed by atoms with Crippen molar-refractivity contribution in [1.82, 2.24) is 30.2 Å². The molecule has 1 aromatic carbocycles. The molecule has 63 heavy (non-hydrogen) atoms. The summed E-state index contributed by atoms with van der Waals surface area (Å²) < 4.78 is 51.9. The summed E-state index contributed by atoms with van der Waals surface area (Å²) in [5.74, 6) is -1.37. The van der Waals surface area contributed by atoms with Gasteiger partial charge in [-0.2, -0.15) is 0 Å². The number of fused-ring (bicyclic) bond motifs is 3. The standard InChI is InChI=1S/C46H60N6O10S/c1-26(2)60-38-18-13-29(24-47-38)36-21-30-20-32(59-8)14-17-35(30)41(48-36)61-33-22-37-40(53)50-46(43(55)51-63(57,58)34-15-16-34)23-31(46)12-10-9-11-27(3)19-28(4)39(42(54)52(37)25-33)49-44(56)62-45(5,6)7/h10,12-14,17-18,20-21,24,26-28,31,33-34,37,39H,9,11,15-16,19,22-23,25H2,1-8H3,(H,49,56)(H,50,53)(H,51,55). The Bertz CT molecular complexity index is 2360. The lowest BCUT2D eigenvalue weighted by molar-refractivity contribution is -0.142. The van der Waals surface area contributed by atoms with E-state index in [4.69, 9.17) is 23.9 Å². The maximum absolute atomic E-state index is 15.0. The number of aromatic nitrogens is 2. The third kappa shape index (κ3) is 10.7. The molecule has 7 unspecified atom stereocenters. The van der Waals surface area contributed by atoms with Gasteiger partial charge >= 0.3 is 6.09 Å². The van der Waals surface area contributed by atoms with Crippen LogP contribution in [0.3, 0.4) is 0 Å². The molecule has 16 nitrogen and oxygen atoms in total. The van der Waals surface area contributed by atoms with E-state index in [-0.39, 0.29) is 43.2 Å². The van der Waals surface area contributed by atoms with Crippen LogP contribution in [0.1, 0.15) is 93.4 Å². The molecule has 0 bridgehead atoms. The van der Waals surface area contributed by atoms with Crippen molar-refractivity contribution in [3.05, 3.63) is 54.7 Å². The fraction of sp³-hybridized carbons (Fsp3) is 0.565. The summed E-state index contributed by atoms with van der Waals surface area (Å²) >= 11 is 0. The molecule has 7 rings (SSSR count). The highest BCUT2D eigenvalue weighted by atomic mass is 32.2. The minimum Gasteiger partial charge on any atom is -0.497 e. The van der Waals surface area contributed by atoms with Gasteiger partial charge in [-0.1, -0.05) is 26.0 Å². The topological polar surface area (TPSA) is 204 Å². The number of alkyl carbamates (subject to hydrolysis) is 1. The Hall–Kier alpha value is -5.45. The molecule has 4 aliphatic rings. The Kier molecular flexibility index (Phi) is 13.0. The van der Waals surface area contributed by atoms with E-state index in [0.29, 0.717) is 54.0 Å². The molecule has 0 radical (unpaired) electrons. The van der Waals surface area contributed by atoms with Gasteiger partial charge in [0, 0.05) is 35.6 Å². The van der Waals surface area contributed by atoms with Gasteiger partial charge < -0.3 is 34.5 Å². The molecule has 4 heterocycles. The molecule has 2 saturated carbocycles. The number of sulfonamides is 1. The second-order valence-electron chi connectivity index (χ2n) is 18.8. The Morgan fingerprint density at radius 2 is 1.79 bits per heavy atom. The summed E-state index contributed by atoms with van der Waals surface area (Å²) in [5.41, 5.74) is -1.16. The highest BCUT2D eigenvalue weighted by molar-refractivity contribution is 7.91. The zero-order chi connectivity index (χ0) is 45.4. The summed E-state index contributed by atoms with van der Waals surface area (Å²) in [4.78, 5) is 67.9. The Balaban J connectivity index is 1.25. The summed E-state index contributed by atoms with van der Waals surface area (Å²) in [6.45, 7) is 12.9. The predicted octanol–water partition coefficient (Wildman–Crippen LogP) is 5.83. The molecule has 3 aromatic rings. The zero-order valence-corrected chi connectivity index (χ0v) is 38.1. The van der Waals surface area contributed by atoms with E-state index in [9.17, 15) is 22.8 Å². The van der Waals surface area contributed by atoms with Gasteiger partial charge in [-0.25, -0.2) is 23.2 Å². The number of amides is 4. The van der Waals surface area contributed by atoms with E-state index in [2.05, 4.69) is 27.3 Å². The van der Waals surface area contributed by atoms with Crippen LogP contribution < -0.4 is 29.6 Å². The Labute approximate surface area is 369 Å². The first-order valence-electron chi connectivity index (χ1n) is 21.9. The number of hydrogen-bond acceptors (Lipinski definition) is 12. The fourth-order valence-corrected chi connectivity index (χ4v) is 9.87. The van der Waals surface area contributed by atoms with Crippen LogP contribution >= 0.6 is 0 Å².